The first-order valence-electron chi connectivity index (χ1n) is 6.12. The van der Waals surface area contributed by atoms with Gasteiger partial charge in [-0.2, -0.15) is 0 Å². The minimum absolute atomic E-state index is 0.0974. The lowest BCUT2D eigenvalue weighted by Crippen LogP contribution is -2.14. The van der Waals surface area contributed by atoms with E-state index in [4.69, 9.17) is 0 Å². The number of hydrogen-bond donors (Lipinski definition) is 0. The van der Waals surface area contributed by atoms with E-state index in [-0.39, 0.29) is 11.4 Å². The van der Waals surface area contributed by atoms with Crippen LogP contribution < -0.4 is 0 Å². The molecule has 13 heteroatoms. The maximum Gasteiger partial charge on any atom is 0.385 e. The maximum atomic E-state index is 12.3. The molecule has 0 saturated heterocycles. The van der Waals surface area contributed by atoms with Gasteiger partial charge < -0.3 is 29.4 Å². The van der Waals surface area contributed by atoms with Crippen LogP contribution >= 0.6 is 0 Å². The SMILES string of the molecule is Cn1cnc([N+](=O)[O-])c1CS(=O)(=O)Cc1c([N+](=O)[O-])ncn1C. The van der Waals surface area contributed by atoms with Gasteiger partial charge in [0.2, 0.25) is 12.7 Å². The monoisotopic (exact) mass is 344 g/mol. The molecule has 0 spiro atoms. The summed E-state index contributed by atoms with van der Waals surface area (Å²) in [5.74, 6) is -2.45. The molecule has 0 aliphatic rings. The first-order chi connectivity index (χ1) is 10.6. The Kier molecular flexibility index (Phi) is 4.14. The number of aromatic nitrogens is 4. The fourth-order valence-electron chi connectivity index (χ4n) is 1.99. The molecule has 0 saturated carbocycles. The van der Waals surface area contributed by atoms with Crippen LogP contribution in [0.5, 0.6) is 0 Å². The van der Waals surface area contributed by atoms with Gasteiger partial charge in [0.05, 0.1) is 11.5 Å². The first kappa shape index (κ1) is 16.5. The standard InChI is InChI=1S/C10H12N6O6S/c1-13-5-11-9(15(17)18)7(13)3-23(21,22)4-8-10(16(19)20)12-6-14(8)2/h5-6H,3-4H2,1-2H3. The molecule has 0 fully saturated rings. The predicted octanol–water partition coefficient (Wildman–Crippen LogP) is 0.0850. The van der Waals surface area contributed by atoms with Crippen LogP contribution in [-0.4, -0.2) is 37.4 Å². The molecule has 0 atom stereocenters. The van der Waals surface area contributed by atoms with Gasteiger partial charge in [-0.1, -0.05) is 0 Å². The maximum absolute atomic E-state index is 12.3. The van der Waals surface area contributed by atoms with Crippen molar-refractivity contribution in [3.05, 3.63) is 44.3 Å². The molecule has 0 amide bonds. The van der Waals surface area contributed by atoms with Gasteiger partial charge >= 0.3 is 11.6 Å². The van der Waals surface area contributed by atoms with Gasteiger partial charge in [0.15, 0.2) is 9.84 Å². The molecule has 23 heavy (non-hydrogen) atoms. The van der Waals surface area contributed by atoms with Crippen molar-refractivity contribution in [2.45, 2.75) is 11.5 Å². The summed E-state index contributed by atoms with van der Waals surface area (Å²) in [7, 11) is -1.06. The number of imidazole rings is 2. The molecular formula is C10H12N6O6S. The van der Waals surface area contributed by atoms with E-state index in [1.54, 1.807) is 0 Å². The first-order valence-corrected chi connectivity index (χ1v) is 7.94. The highest BCUT2D eigenvalue weighted by Crippen LogP contribution is 2.23. The van der Waals surface area contributed by atoms with E-state index in [1.165, 1.54) is 23.2 Å². The summed E-state index contributed by atoms with van der Waals surface area (Å²) in [4.78, 5) is 27.2. The van der Waals surface area contributed by atoms with Crippen LogP contribution in [-0.2, 0) is 35.4 Å². The molecule has 12 nitrogen and oxygen atoms in total. The van der Waals surface area contributed by atoms with Gasteiger partial charge in [0.1, 0.15) is 11.4 Å². The summed E-state index contributed by atoms with van der Waals surface area (Å²) in [6.07, 6.45) is 2.27. The molecule has 2 heterocycles. The molecule has 2 aromatic heterocycles. The Morgan fingerprint density at radius 2 is 1.30 bits per heavy atom. The smallest absolute Gasteiger partial charge is 0.358 e. The highest BCUT2D eigenvalue weighted by molar-refractivity contribution is 7.89. The summed E-state index contributed by atoms with van der Waals surface area (Å²) >= 11 is 0. The second-order valence-electron chi connectivity index (χ2n) is 4.80. The second-order valence-corrected chi connectivity index (χ2v) is 6.86. The van der Waals surface area contributed by atoms with Crippen LogP contribution in [0.1, 0.15) is 11.4 Å². The van der Waals surface area contributed by atoms with Crippen LogP contribution in [0.15, 0.2) is 12.7 Å². The highest BCUT2D eigenvalue weighted by atomic mass is 32.2. The van der Waals surface area contributed by atoms with Crippen LogP contribution in [0.3, 0.4) is 0 Å². The lowest BCUT2D eigenvalue weighted by Gasteiger charge is -2.05. The minimum Gasteiger partial charge on any atom is -0.358 e. The zero-order valence-electron chi connectivity index (χ0n) is 12.1. The molecule has 0 unspecified atom stereocenters. The molecule has 2 rings (SSSR count). The van der Waals surface area contributed by atoms with Crippen molar-refractivity contribution in [2.24, 2.45) is 14.1 Å². The molecule has 0 aliphatic heterocycles. The second kappa shape index (κ2) is 5.75. The quantitative estimate of drug-likeness (QED) is 0.527. The summed E-state index contributed by atoms with van der Waals surface area (Å²) < 4.78 is 27.0. The van der Waals surface area contributed by atoms with Gasteiger partial charge in [-0.3, -0.25) is 0 Å². The van der Waals surface area contributed by atoms with Crippen LogP contribution in [0.25, 0.3) is 0 Å². The van der Waals surface area contributed by atoms with Crippen LogP contribution in [0.2, 0.25) is 0 Å². The third-order valence-electron chi connectivity index (χ3n) is 3.13. The van der Waals surface area contributed by atoms with Gasteiger partial charge in [-0.05, 0) is 19.8 Å². The zero-order chi connectivity index (χ0) is 17.4. The number of hydrogen-bond acceptors (Lipinski definition) is 8. The summed E-state index contributed by atoms with van der Waals surface area (Å²) in [5, 5.41) is 21.7. The summed E-state index contributed by atoms with van der Waals surface area (Å²) in [6, 6.07) is 0. The van der Waals surface area contributed by atoms with Gasteiger partial charge in [-0.15, -0.1) is 0 Å². The number of rotatable bonds is 6. The lowest BCUT2D eigenvalue weighted by molar-refractivity contribution is -0.390. The van der Waals surface area contributed by atoms with E-state index >= 15 is 0 Å². The van der Waals surface area contributed by atoms with Crippen molar-refractivity contribution >= 4 is 21.5 Å². The number of nitro groups is 2. The molecule has 0 bridgehead atoms. The Hall–Kier alpha value is -2.83. The number of sulfone groups is 1. The molecule has 0 N–H and O–H groups in total. The lowest BCUT2D eigenvalue weighted by atomic mass is 10.5. The van der Waals surface area contributed by atoms with E-state index in [0.717, 1.165) is 12.7 Å². The van der Waals surface area contributed by atoms with Crippen molar-refractivity contribution in [3.8, 4) is 0 Å². The minimum atomic E-state index is -3.92. The third kappa shape index (κ3) is 3.33. The number of aryl methyl sites for hydroxylation is 2. The van der Waals surface area contributed by atoms with E-state index in [1.807, 2.05) is 0 Å². The van der Waals surface area contributed by atoms with E-state index in [9.17, 15) is 28.6 Å². The van der Waals surface area contributed by atoms with Crippen molar-refractivity contribution in [3.63, 3.8) is 0 Å². The Morgan fingerprint density at radius 1 is 0.957 bits per heavy atom. The molecule has 2 aromatic rings. The Bertz CT molecular complexity index is 816. The van der Waals surface area contributed by atoms with Crippen molar-refractivity contribution in [2.75, 3.05) is 0 Å². The van der Waals surface area contributed by atoms with Gasteiger partial charge in [0, 0.05) is 14.1 Å². The topological polar surface area (TPSA) is 156 Å². The van der Waals surface area contributed by atoms with Crippen LogP contribution in [0.4, 0.5) is 11.6 Å². The normalized spacial score (nSPS) is 11.6. The Labute approximate surface area is 129 Å². The van der Waals surface area contributed by atoms with Crippen molar-refractivity contribution in [1.29, 1.82) is 0 Å². The molecule has 0 aromatic carbocycles. The van der Waals surface area contributed by atoms with E-state index in [0.29, 0.717) is 0 Å². The molecule has 0 radical (unpaired) electrons. The highest BCUT2D eigenvalue weighted by Gasteiger charge is 2.29. The molecular weight excluding hydrogens is 332 g/mol. The zero-order valence-corrected chi connectivity index (χ0v) is 12.9. The Balaban J connectivity index is 2.35. The average Bonchev–Trinajstić information content (AvgIpc) is 2.94. The van der Waals surface area contributed by atoms with E-state index < -0.39 is 42.8 Å². The molecule has 0 aliphatic carbocycles. The fraction of sp³-hybridized carbons (Fsp3) is 0.400. The Morgan fingerprint density at radius 3 is 1.61 bits per heavy atom. The van der Waals surface area contributed by atoms with E-state index in [2.05, 4.69) is 9.97 Å². The third-order valence-corrected chi connectivity index (χ3v) is 4.56. The number of nitrogens with zero attached hydrogens (tertiary/aromatic N) is 6. The summed E-state index contributed by atoms with van der Waals surface area (Å²) in [6.45, 7) is 0. The fourth-order valence-corrected chi connectivity index (χ4v) is 3.59. The molecule has 124 valence electrons. The largest absolute Gasteiger partial charge is 0.385 e. The van der Waals surface area contributed by atoms with Gasteiger partial charge in [0.25, 0.3) is 0 Å². The van der Waals surface area contributed by atoms with Crippen LogP contribution in [0, 0.1) is 20.2 Å². The predicted molar refractivity (Wildman–Crippen MR) is 76.1 cm³/mol. The van der Waals surface area contributed by atoms with Crippen molar-refractivity contribution in [1.82, 2.24) is 19.1 Å². The average molecular weight is 344 g/mol. The summed E-state index contributed by atoms with van der Waals surface area (Å²) in [5.41, 5.74) is -0.195. The van der Waals surface area contributed by atoms with Crippen molar-refractivity contribution < 1.29 is 18.3 Å². The van der Waals surface area contributed by atoms with Gasteiger partial charge in [-0.25, -0.2) is 8.42 Å².